The minimum absolute atomic E-state index is 0.102. The molecule has 122 valence electrons. The predicted octanol–water partition coefficient (Wildman–Crippen LogP) is 4.84. The van der Waals surface area contributed by atoms with E-state index in [1.807, 2.05) is 50.2 Å². The topological polar surface area (TPSA) is 59.0 Å². The van der Waals surface area contributed by atoms with Crippen LogP contribution in [0.3, 0.4) is 0 Å². The largest absolute Gasteiger partial charge is 0.489 e. The Morgan fingerprint density at radius 3 is 2.50 bits per heavy atom. The highest BCUT2D eigenvalue weighted by atomic mass is 79.9. The molecule has 2 aromatic carbocycles. The summed E-state index contributed by atoms with van der Waals surface area (Å²) in [4.78, 5) is 0.102. The van der Waals surface area contributed by atoms with Gasteiger partial charge in [-0.05, 0) is 72.5 Å². The van der Waals surface area contributed by atoms with E-state index in [-0.39, 0.29) is 4.99 Å². The molecule has 0 aliphatic rings. The van der Waals surface area contributed by atoms with E-state index in [9.17, 15) is 0 Å². The molecule has 0 fully saturated rings. The lowest BCUT2D eigenvalue weighted by Crippen LogP contribution is -2.10. The minimum atomic E-state index is 0.102. The summed E-state index contributed by atoms with van der Waals surface area (Å²) in [6, 6.07) is 13.8. The molecule has 5 heteroatoms. The summed E-state index contributed by atoms with van der Waals surface area (Å²) in [6.45, 7) is 4.48. The van der Waals surface area contributed by atoms with Crippen LogP contribution in [0.1, 0.15) is 22.3 Å². The molecule has 0 unspecified atom stereocenters. The Kier molecular flexibility index (Phi) is 6.13. The van der Waals surface area contributed by atoms with Crippen molar-refractivity contribution in [3.63, 3.8) is 0 Å². The lowest BCUT2D eigenvalue weighted by Gasteiger charge is -2.12. The Labute approximate surface area is 155 Å². The highest BCUT2D eigenvalue weighted by Gasteiger charge is 2.07. The van der Waals surface area contributed by atoms with Crippen LogP contribution in [-0.2, 0) is 6.61 Å². The van der Waals surface area contributed by atoms with Crippen LogP contribution < -0.4 is 10.5 Å². The summed E-state index contributed by atoms with van der Waals surface area (Å²) in [5.74, 6) is 0.802. The van der Waals surface area contributed by atoms with Gasteiger partial charge in [-0.15, -0.1) is 0 Å². The molecule has 0 aliphatic carbocycles. The fraction of sp³-hybridized carbons (Fsp3) is 0.158. The maximum absolute atomic E-state index is 9.13. The molecule has 0 spiro atoms. The van der Waals surface area contributed by atoms with Gasteiger partial charge < -0.3 is 10.5 Å². The van der Waals surface area contributed by atoms with Crippen molar-refractivity contribution >= 4 is 39.2 Å². The Hall–Kier alpha value is -2.16. The molecule has 3 nitrogen and oxygen atoms in total. The van der Waals surface area contributed by atoms with Crippen LogP contribution in [0.25, 0.3) is 6.08 Å². The molecule has 0 bridgehead atoms. The fourth-order valence-corrected chi connectivity index (χ4v) is 2.60. The number of hydrogen-bond donors (Lipinski definition) is 1. The average molecular weight is 401 g/mol. The molecular formula is C19H17BrN2OS. The SMILES string of the molecule is Cc1cc(C)c(COc2ccc(Br)cc2)cc1/C=C(\C#N)C(N)=S. The number of halogens is 1. The van der Waals surface area contributed by atoms with Crippen LogP contribution in [-0.4, -0.2) is 4.99 Å². The van der Waals surface area contributed by atoms with Crippen molar-refractivity contribution < 1.29 is 4.74 Å². The van der Waals surface area contributed by atoms with Gasteiger partial charge in [0.25, 0.3) is 0 Å². The Morgan fingerprint density at radius 2 is 1.92 bits per heavy atom. The molecule has 0 saturated carbocycles. The zero-order valence-corrected chi connectivity index (χ0v) is 15.9. The zero-order valence-electron chi connectivity index (χ0n) is 13.5. The van der Waals surface area contributed by atoms with E-state index in [0.717, 1.165) is 32.5 Å². The van der Waals surface area contributed by atoms with Crippen molar-refractivity contribution in [2.24, 2.45) is 5.73 Å². The van der Waals surface area contributed by atoms with Crippen molar-refractivity contribution in [2.75, 3.05) is 0 Å². The Morgan fingerprint density at radius 1 is 1.25 bits per heavy atom. The highest BCUT2D eigenvalue weighted by molar-refractivity contribution is 9.10. The molecule has 0 radical (unpaired) electrons. The molecule has 0 atom stereocenters. The smallest absolute Gasteiger partial charge is 0.119 e. The van der Waals surface area contributed by atoms with Gasteiger partial charge in [0.2, 0.25) is 0 Å². The van der Waals surface area contributed by atoms with Gasteiger partial charge in [-0.3, -0.25) is 0 Å². The number of thiocarbonyl (C=S) groups is 1. The number of benzene rings is 2. The minimum Gasteiger partial charge on any atom is -0.489 e. The Bertz CT molecular complexity index is 836. The molecule has 2 N–H and O–H groups in total. The molecule has 0 aromatic heterocycles. The number of rotatable bonds is 5. The third-order valence-corrected chi connectivity index (χ3v) is 4.37. The van der Waals surface area contributed by atoms with Crippen LogP contribution in [0.5, 0.6) is 5.75 Å². The van der Waals surface area contributed by atoms with Gasteiger partial charge in [-0.25, -0.2) is 0 Å². The molecule has 2 aromatic rings. The third kappa shape index (κ3) is 4.67. The normalized spacial score (nSPS) is 11.0. The summed E-state index contributed by atoms with van der Waals surface area (Å²) in [5, 5.41) is 9.13. The van der Waals surface area contributed by atoms with Crippen LogP contribution in [0.2, 0.25) is 0 Å². The Balaban J connectivity index is 2.27. The zero-order chi connectivity index (χ0) is 17.7. The summed E-state index contributed by atoms with van der Waals surface area (Å²) in [7, 11) is 0. The monoisotopic (exact) mass is 400 g/mol. The first kappa shape index (κ1) is 18.2. The number of hydrogen-bond acceptors (Lipinski definition) is 3. The second kappa shape index (κ2) is 8.09. The molecule has 0 heterocycles. The molecular weight excluding hydrogens is 384 g/mol. The fourth-order valence-electron chi connectivity index (χ4n) is 2.23. The van der Waals surface area contributed by atoms with Crippen LogP contribution >= 0.6 is 28.1 Å². The van der Waals surface area contributed by atoms with Gasteiger partial charge in [0.1, 0.15) is 23.4 Å². The quantitative estimate of drug-likeness (QED) is 0.443. The molecule has 2 rings (SSSR count). The van der Waals surface area contributed by atoms with Crippen molar-refractivity contribution in [1.29, 1.82) is 5.26 Å². The van der Waals surface area contributed by atoms with E-state index in [1.54, 1.807) is 6.08 Å². The van der Waals surface area contributed by atoms with Gasteiger partial charge in [-0.1, -0.05) is 34.2 Å². The summed E-state index contributed by atoms with van der Waals surface area (Å²) in [5.41, 5.74) is 10.0. The number of nitriles is 1. The third-order valence-electron chi connectivity index (χ3n) is 3.62. The van der Waals surface area contributed by atoms with Gasteiger partial charge in [0.15, 0.2) is 0 Å². The van der Waals surface area contributed by atoms with E-state index in [4.69, 9.17) is 28.0 Å². The second-order valence-electron chi connectivity index (χ2n) is 5.41. The van der Waals surface area contributed by atoms with Crippen LogP contribution in [0, 0.1) is 25.2 Å². The first-order valence-electron chi connectivity index (χ1n) is 7.31. The van der Waals surface area contributed by atoms with Gasteiger partial charge >= 0.3 is 0 Å². The van der Waals surface area contributed by atoms with E-state index < -0.39 is 0 Å². The van der Waals surface area contributed by atoms with Crippen molar-refractivity contribution in [1.82, 2.24) is 0 Å². The van der Waals surface area contributed by atoms with Gasteiger partial charge in [-0.2, -0.15) is 5.26 Å². The highest BCUT2D eigenvalue weighted by Crippen LogP contribution is 2.22. The van der Waals surface area contributed by atoms with Crippen molar-refractivity contribution in [3.8, 4) is 11.8 Å². The first-order valence-corrected chi connectivity index (χ1v) is 8.51. The predicted molar refractivity (Wildman–Crippen MR) is 105 cm³/mol. The number of aryl methyl sites for hydroxylation is 2. The van der Waals surface area contributed by atoms with E-state index >= 15 is 0 Å². The van der Waals surface area contributed by atoms with E-state index in [2.05, 4.69) is 22.0 Å². The van der Waals surface area contributed by atoms with E-state index in [1.165, 1.54) is 0 Å². The van der Waals surface area contributed by atoms with Gasteiger partial charge in [0, 0.05) is 4.47 Å². The summed E-state index contributed by atoms with van der Waals surface area (Å²) < 4.78 is 6.85. The lowest BCUT2D eigenvalue weighted by atomic mass is 9.98. The molecule has 0 saturated heterocycles. The van der Waals surface area contributed by atoms with Crippen molar-refractivity contribution in [2.45, 2.75) is 20.5 Å². The first-order chi connectivity index (χ1) is 11.4. The van der Waals surface area contributed by atoms with Crippen molar-refractivity contribution in [3.05, 3.63) is 68.7 Å². The summed E-state index contributed by atoms with van der Waals surface area (Å²) in [6.07, 6.45) is 1.72. The maximum atomic E-state index is 9.13. The standard InChI is InChI=1S/C19H17BrN2OS/c1-12-7-13(2)16(9-14(12)8-15(10-21)19(22)24)11-23-18-5-3-17(20)4-6-18/h3-9H,11H2,1-2H3,(H2,22,24)/b15-8+. The van der Waals surface area contributed by atoms with Gasteiger partial charge in [0.05, 0.1) is 5.57 Å². The van der Waals surface area contributed by atoms with Crippen LogP contribution in [0.4, 0.5) is 0 Å². The van der Waals surface area contributed by atoms with Crippen LogP contribution in [0.15, 0.2) is 46.4 Å². The second-order valence-corrected chi connectivity index (χ2v) is 6.77. The molecule has 24 heavy (non-hydrogen) atoms. The number of ether oxygens (including phenoxy) is 1. The number of nitrogens with zero attached hydrogens (tertiary/aromatic N) is 1. The summed E-state index contributed by atoms with van der Waals surface area (Å²) >= 11 is 8.30. The maximum Gasteiger partial charge on any atom is 0.119 e. The van der Waals surface area contributed by atoms with E-state index in [0.29, 0.717) is 12.2 Å². The molecule has 0 aliphatic heterocycles. The lowest BCUT2D eigenvalue weighted by molar-refractivity contribution is 0.305. The molecule has 0 amide bonds. The average Bonchev–Trinajstić information content (AvgIpc) is 2.54. The number of nitrogens with two attached hydrogens (primary N) is 1.